The van der Waals surface area contributed by atoms with Gasteiger partial charge in [0.25, 0.3) is 5.91 Å². The van der Waals surface area contributed by atoms with E-state index in [1.165, 1.54) is 4.90 Å². The minimum atomic E-state index is -0.318. The highest BCUT2D eigenvalue weighted by atomic mass is 16.5. The zero-order valence-electron chi connectivity index (χ0n) is 13.3. The molecule has 2 aliphatic heterocycles. The average molecular weight is 319 g/mol. The van der Waals surface area contributed by atoms with Crippen molar-refractivity contribution in [2.75, 3.05) is 24.6 Å². The lowest BCUT2D eigenvalue weighted by Crippen LogP contribution is -3.17. The normalized spacial score (nSPS) is 28.3. The second-order valence-corrected chi connectivity index (χ2v) is 6.14. The summed E-state index contributed by atoms with van der Waals surface area (Å²) in [6.45, 7) is 3.96. The van der Waals surface area contributed by atoms with E-state index >= 15 is 0 Å². The number of ether oxygens (including phenoxy) is 1. The zero-order valence-corrected chi connectivity index (χ0v) is 13.3. The van der Waals surface area contributed by atoms with Crippen LogP contribution in [0.5, 0.6) is 5.75 Å². The molecule has 1 aromatic rings. The first-order chi connectivity index (χ1) is 11.1. The van der Waals surface area contributed by atoms with Crippen LogP contribution in [0, 0.1) is 0 Å². The molecule has 124 valence electrons. The molecule has 3 rings (SSSR count). The van der Waals surface area contributed by atoms with Crippen LogP contribution in [0.15, 0.2) is 24.3 Å². The van der Waals surface area contributed by atoms with Crippen LogP contribution in [0.2, 0.25) is 0 Å². The third-order valence-electron chi connectivity index (χ3n) is 4.64. The molecule has 2 fully saturated rings. The molecule has 1 aromatic carbocycles. The van der Waals surface area contributed by atoms with E-state index in [0.29, 0.717) is 25.1 Å². The van der Waals surface area contributed by atoms with Gasteiger partial charge < -0.3 is 14.7 Å². The number of likely N-dealkylation sites (tertiary alicyclic amines) is 1. The van der Waals surface area contributed by atoms with E-state index < -0.39 is 0 Å². The Morgan fingerprint density at radius 3 is 2.48 bits per heavy atom. The number of imide groups is 1. The number of carbonyl (C=O) groups is 2. The molecule has 2 heterocycles. The first-order valence-electron chi connectivity index (χ1n) is 8.22. The standard InChI is InChI=1S/C17H22N2O4/c1-2-23-14-5-3-12(4-6-14)19-16(21)11-15(17(19)22)18-9-7-13(20)8-10-18/h3-6,13,15,20H,2,7-11H2,1H3/p+1/t15-/m1/s1. The first kappa shape index (κ1) is 16.0. The summed E-state index contributed by atoms with van der Waals surface area (Å²) in [5.74, 6) is 0.441. The van der Waals surface area contributed by atoms with Crippen molar-refractivity contribution < 1.29 is 24.3 Å². The number of rotatable bonds is 4. The van der Waals surface area contributed by atoms with Gasteiger partial charge in [-0.3, -0.25) is 9.59 Å². The van der Waals surface area contributed by atoms with Gasteiger partial charge in [0.05, 0.1) is 37.9 Å². The van der Waals surface area contributed by atoms with Crippen molar-refractivity contribution in [3.8, 4) is 5.75 Å². The highest BCUT2D eigenvalue weighted by Crippen LogP contribution is 2.24. The summed E-state index contributed by atoms with van der Waals surface area (Å²) in [5, 5.41) is 9.60. The molecule has 2 aliphatic rings. The monoisotopic (exact) mass is 319 g/mol. The fourth-order valence-electron chi connectivity index (χ4n) is 3.40. The van der Waals surface area contributed by atoms with Gasteiger partial charge in [0, 0.05) is 12.8 Å². The summed E-state index contributed by atoms with van der Waals surface area (Å²) in [5.41, 5.74) is 0.599. The Labute approximate surface area is 135 Å². The van der Waals surface area contributed by atoms with Crippen molar-refractivity contribution in [2.24, 2.45) is 0 Å². The number of aliphatic hydroxyl groups excluding tert-OH is 1. The van der Waals surface area contributed by atoms with Crippen molar-refractivity contribution in [2.45, 2.75) is 38.3 Å². The maximum Gasteiger partial charge on any atom is 0.292 e. The van der Waals surface area contributed by atoms with Crippen LogP contribution in [0.4, 0.5) is 5.69 Å². The summed E-state index contributed by atoms with van der Waals surface area (Å²) in [7, 11) is 0. The van der Waals surface area contributed by atoms with Gasteiger partial charge in [0.15, 0.2) is 6.04 Å². The highest BCUT2D eigenvalue weighted by Gasteiger charge is 2.46. The second-order valence-electron chi connectivity index (χ2n) is 6.14. The molecule has 0 aromatic heterocycles. The van der Waals surface area contributed by atoms with Gasteiger partial charge in [-0.15, -0.1) is 0 Å². The molecule has 1 atom stereocenters. The Balaban J connectivity index is 1.73. The summed E-state index contributed by atoms with van der Waals surface area (Å²) in [6.07, 6.45) is 1.36. The van der Waals surface area contributed by atoms with Crippen molar-refractivity contribution in [1.29, 1.82) is 0 Å². The molecular weight excluding hydrogens is 296 g/mol. The van der Waals surface area contributed by atoms with Gasteiger partial charge in [-0.1, -0.05) is 0 Å². The molecule has 0 radical (unpaired) electrons. The molecule has 0 bridgehead atoms. The van der Waals surface area contributed by atoms with Crippen molar-refractivity contribution in [1.82, 2.24) is 0 Å². The Morgan fingerprint density at radius 2 is 1.87 bits per heavy atom. The number of carbonyl (C=O) groups excluding carboxylic acids is 2. The lowest BCUT2D eigenvalue weighted by Gasteiger charge is -2.29. The number of anilines is 1. The molecule has 2 N–H and O–H groups in total. The number of hydrogen-bond acceptors (Lipinski definition) is 4. The van der Waals surface area contributed by atoms with Crippen LogP contribution < -0.4 is 14.5 Å². The summed E-state index contributed by atoms with van der Waals surface area (Å²) >= 11 is 0. The molecule has 6 heteroatoms. The second kappa shape index (κ2) is 6.68. The summed E-state index contributed by atoms with van der Waals surface area (Å²) < 4.78 is 5.39. The number of quaternary nitrogens is 1. The lowest BCUT2D eigenvalue weighted by atomic mass is 10.1. The van der Waals surface area contributed by atoms with E-state index in [4.69, 9.17) is 4.74 Å². The number of benzene rings is 1. The smallest absolute Gasteiger partial charge is 0.292 e. The SMILES string of the molecule is CCOc1ccc(N2C(=O)C[C@@H]([NH+]3CCC(O)CC3)C2=O)cc1. The zero-order chi connectivity index (χ0) is 16.4. The Kier molecular flexibility index (Phi) is 4.63. The van der Waals surface area contributed by atoms with Gasteiger partial charge in [-0.2, -0.15) is 0 Å². The fourth-order valence-corrected chi connectivity index (χ4v) is 3.40. The Hall–Kier alpha value is -1.92. The van der Waals surface area contributed by atoms with Gasteiger partial charge in [0.2, 0.25) is 5.91 Å². The van der Waals surface area contributed by atoms with Crippen LogP contribution in [-0.4, -0.2) is 48.8 Å². The number of piperidine rings is 1. The van der Waals surface area contributed by atoms with Crippen molar-refractivity contribution in [3.63, 3.8) is 0 Å². The number of aliphatic hydroxyl groups is 1. The quantitative estimate of drug-likeness (QED) is 0.751. The third-order valence-corrected chi connectivity index (χ3v) is 4.64. The molecule has 6 nitrogen and oxygen atoms in total. The number of amides is 2. The van der Waals surface area contributed by atoms with Crippen molar-refractivity contribution in [3.05, 3.63) is 24.3 Å². The molecule has 23 heavy (non-hydrogen) atoms. The fraction of sp³-hybridized carbons (Fsp3) is 0.529. The van der Waals surface area contributed by atoms with Gasteiger partial charge in [-0.05, 0) is 31.2 Å². The van der Waals surface area contributed by atoms with E-state index in [1.54, 1.807) is 24.3 Å². The van der Waals surface area contributed by atoms with Crippen LogP contribution in [0.3, 0.4) is 0 Å². The van der Waals surface area contributed by atoms with E-state index in [1.807, 2.05) is 6.92 Å². The van der Waals surface area contributed by atoms with Crippen LogP contribution in [-0.2, 0) is 9.59 Å². The molecule has 0 spiro atoms. The Bertz CT molecular complexity index is 579. The molecule has 0 saturated carbocycles. The minimum absolute atomic E-state index is 0.134. The summed E-state index contributed by atoms with van der Waals surface area (Å²) in [6, 6.07) is 6.73. The van der Waals surface area contributed by atoms with Gasteiger partial charge in [0.1, 0.15) is 5.75 Å². The Morgan fingerprint density at radius 1 is 1.22 bits per heavy atom. The molecule has 2 saturated heterocycles. The lowest BCUT2D eigenvalue weighted by molar-refractivity contribution is -0.920. The maximum atomic E-state index is 12.7. The van der Waals surface area contributed by atoms with E-state index in [2.05, 4.69) is 0 Å². The maximum absolute atomic E-state index is 12.7. The topological polar surface area (TPSA) is 71.3 Å². The van der Waals surface area contributed by atoms with Crippen LogP contribution in [0.1, 0.15) is 26.2 Å². The predicted octanol–water partition coefficient (Wildman–Crippen LogP) is -0.243. The predicted molar refractivity (Wildman–Crippen MR) is 84.4 cm³/mol. The number of nitrogens with zero attached hydrogens (tertiary/aromatic N) is 1. The van der Waals surface area contributed by atoms with E-state index in [0.717, 1.165) is 23.7 Å². The third kappa shape index (κ3) is 3.23. The van der Waals surface area contributed by atoms with Crippen LogP contribution in [0.25, 0.3) is 0 Å². The minimum Gasteiger partial charge on any atom is -0.494 e. The number of nitrogens with one attached hydrogen (secondary N) is 1. The van der Waals surface area contributed by atoms with E-state index in [9.17, 15) is 14.7 Å². The highest BCUT2D eigenvalue weighted by molar-refractivity contribution is 6.21. The molecular formula is C17H23N2O4+. The first-order valence-corrected chi connectivity index (χ1v) is 8.22. The molecule has 2 amide bonds. The van der Waals surface area contributed by atoms with Crippen molar-refractivity contribution >= 4 is 17.5 Å². The van der Waals surface area contributed by atoms with Gasteiger partial charge in [-0.25, -0.2) is 4.90 Å². The van der Waals surface area contributed by atoms with Gasteiger partial charge >= 0.3 is 0 Å². The molecule has 0 unspecified atom stereocenters. The number of hydrogen-bond donors (Lipinski definition) is 2. The van der Waals surface area contributed by atoms with Crippen LogP contribution >= 0.6 is 0 Å². The largest absolute Gasteiger partial charge is 0.494 e. The average Bonchev–Trinajstić information content (AvgIpc) is 2.84. The summed E-state index contributed by atoms with van der Waals surface area (Å²) in [4.78, 5) is 27.4. The molecule has 0 aliphatic carbocycles. The van der Waals surface area contributed by atoms with E-state index in [-0.39, 0.29) is 30.4 Å².